The standard InChI is InChI=1S/C14H27NO/c1-11(2)10-15-9-5-7-13(15)12-6-3-4-8-14(12)16/h11-14,16H,3-10H2,1-2H3. The summed E-state index contributed by atoms with van der Waals surface area (Å²) in [6.45, 7) is 7.07. The Morgan fingerprint density at radius 1 is 1.12 bits per heavy atom. The van der Waals surface area contributed by atoms with Crippen LogP contribution in [0.1, 0.15) is 52.4 Å². The molecule has 0 bridgehead atoms. The van der Waals surface area contributed by atoms with Crippen molar-refractivity contribution in [1.82, 2.24) is 4.90 Å². The minimum atomic E-state index is -0.0217. The van der Waals surface area contributed by atoms with Crippen LogP contribution in [0.5, 0.6) is 0 Å². The molecule has 0 aromatic rings. The van der Waals surface area contributed by atoms with Crippen molar-refractivity contribution in [1.29, 1.82) is 0 Å². The van der Waals surface area contributed by atoms with Crippen LogP contribution in [0.15, 0.2) is 0 Å². The van der Waals surface area contributed by atoms with E-state index in [0.29, 0.717) is 12.0 Å². The average Bonchev–Trinajstić information content (AvgIpc) is 2.66. The van der Waals surface area contributed by atoms with Gasteiger partial charge in [0.1, 0.15) is 0 Å². The largest absolute Gasteiger partial charge is 0.393 e. The number of aliphatic hydroxyl groups excluding tert-OH is 1. The maximum absolute atomic E-state index is 10.2. The van der Waals surface area contributed by atoms with Gasteiger partial charge < -0.3 is 5.11 Å². The molecular formula is C14H27NO. The Morgan fingerprint density at radius 3 is 2.56 bits per heavy atom. The van der Waals surface area contributed by atoms with Crippen molar-refractivity contribution in [3.63, 3.8) is 0 Å². The summed E-state index contributed by atoms with van der Waals surface area (Å²) in [6, 6.07) is 0.678. The van der Waals surface area contributed by atoms with E-state index < -0.39 is 0 Å². The molecule has 1 heterocycles. The van der Waals surface area contributed by atoms with E-state index in [1.54, 1.807) is 0 Å². The Kier molecular flexibility index (Phi) is 4.26. The Balaban J connectivity index is 1.95. The van der Waals surface area contributed by atoms with Gasteiger partial charge in [0, 0.05) is 18.5 Å². The molecule has 2 rings (SSSR count). The fourth-order valence-corrected chi connectivity index (χ4v) is 3.62. The molecule has 0 spiro atoms. The second-order valence-corrected chi connectivity index (χ2v) is 6.11. The molecule has 0 radical (unpaired) electrons. The molecule has 3 unspecified atom stereocenters. The molecule has 3 atom stereocenters. The van der Waals surface area contributed by atoms with Gasteiger partial charge in [0.25, 0.3) is 0 Å². The Morgan fingerprint density at radius 2 is 1.88 bits per heavy atom. The van der Waals surface area contributed by atoms with Crippen LogP contribution in [0.3, 0.4) is 0 Å². The summed E-state index contributed by atoms with van der Waals surface area (Å²) >= 11 is 0. The summed E-state index contributed by atoms with van der Waals surface area (Å²) in [4.78, 5) is 2.64. The first-order valence-electron chi connectivity index (χ1n) is 7.10. The fraction of sp³-hybridized carbons (Fsp3) is 1.00. The van der Waals surface area contributed by atoms with Gasteiger partial charge >= 0.3 is 0 Å². The molecule has 0 aromatic carbocycles. The number of hydrogen-bond acceptors (Lipinski definition) is 2. The van der Waals surface area contributed by atoms with Crippen LogP contribution in [0, 0.1) is 11.8 Å². The molecule has 0 amide bonds. The molecule has 16 heavy (non-hydrogen) atoms. The molecule has 2 fully saturated rings. The molecule has 0 aromatic heterocycles. The lowest BCUT2D eigenvalue weighted by Crippen LogP contribution is -2.43. The van der Waals surface area contributed by atoms with E-state index in [0.717, 1.165) is 12.3 Å². The minimum Gasteiger partial charge on any atom is -0.393 e. The van der Waals surface area contributed by atoms with Crippen molar-refractivity contribution in [3.05, 3.63) is 0 Å². The van der Waals surface area contributed by atoms with Gasteiger partial charge in [-0.05, 0) is 38.1 Å². The smallest absolute Gasteiger partial charge is 0.0583 e. The van der Waals surface area contributed by atoms with Crippen molar-refractivity contribution in [2.24, 2.45) is 11.8 Å². The zero-order valence-corrected chi connectivity index (χ0v) is 10.9. The molecule has 1 aliphatic heterocycles. The van der Waals surface area contributed by atoms with Crippen LogP contribution >= 0.6 is 0 Å². The highest BCUT2D eigenvalue weighted by Crippen LogP contribution is 2.34. The van der Waals surface area contributed by atoms with E-state index in [1.165, 1.54) is 45.2 Å². The predicted molar refractivity (Wildman–Crippen MR) is 67.4 cm³/mol. The van der Waals surface area contributed by atoms with Crippen molar-refractivity contribution in [2.45, 2.75) is 64.5 Å². The van der Waals surface area contributed by atoms with Gasteiger partial charge in [0.2, 0.25) is 0 Å². The summed E-state index contributed by atoms with van der Waals surface area (Å²) in [5.74, 6) is 1.32. The molecule has 1 aliphatic carbocycles. The third-order valence-corrected chi connectivity index (χ3v) is 4.29. The maximum atomic E-state index is 10.2. The van der Waals surface area contributed by atoms with Gasteiger partial charge in [-0.25, -0.2) is 0 Å². The van der Waals surface area contributed by atoms with E-state index >= 15 is 0 Å². The molecule has 1 N–H and O–H groups in total. The third kappa shape index (κ3) is 2.78. The maximum Gasteiger partial charge on any atom is 0.0583 e. The minimum absolute atomic E-state index is 0.0217. The summed E-state index contributed by atoms with van der Waals surface area (Å²) in [5, 5.41) is 10.2. The SMILES string of the molecule is CC(C)CN1CCCC1C1CCCCC1O. The van der Waals surface area contributed by atoms with Crippen LogP contribution in [0.25, 0.3) is 0 Å². The fourth-order valence-electron chi connectivity index (χ4n) is 3.62. The average molecular weight is 225 g/mol. The number of hydrogen-bond donors (Lipinski definition) is 1. The topological polar surface area (TPSA) is 23.5 Å². The highest BCUT2D eigenvalue weighted by Gasteiger charge is 2.36. The summed E-state index contributed by atoms with van der Waals surface area (Å²) < 4.78 is 0. The van der Waals surface area contributed by atoms with Crippen LogP contribution in [-0.4, -0.2) is 35.2 Å². The van der Waals surface area contributed by atoms with Crippen LogP contribution < -0.4 is 0 Å². The first-order chi connectivity index (χ1) is 7.68. The molecule has 2 aliphatic rings. The van der Waals surface area contributed by atoms with Gasteiger partial charge in [-0.15, -0.1) is 0 Å². The van der Waals surface area contributed by atoms with E-state index in [9.17, 15) is 5.11 Å². The van der Waals surface area contributed by atoms with Crippen LogP contribution in [0.4, 0.5) is 0 Å². The molecular weight excluding hydrogens is 198 g/mol. The summed E-state index contributed by atoms with van der Waals surface area (Å²) in [6.07, 6.45) is 7.47. The molecule has 2 nitrogen and oxygen atoms in total. The Hall–Kier alpha value is -0.0800. The quantitative estimate of drug-likeness (QED) is 0.798. The molecule has 2 heteroatoms. The number of rotatable bonds is 3. The van der Waals surface area contributed by atoms with Gasteiger partial charge in [0.05, 0.1) is 6.10 Å². The van der Waals surface area contributed by atoms with Gasteiger partial charge in [-0.2, -0.15) is 0 Å². The molecule has 1 saturated heterocycles. The first kappa shape index (κ1) is 12.4. The van der Waals surface area contributed by atoms with Crippen LogP contribution in [-0.2, 0) is 0 Å². The second kappa shape index (κ2) is 5.50. The van der Waals surface area contributed by atoms with Crippen molar-refractivity contribution in [2.75, 3.05) is 13.1 Å². The summed E-state index contributed by atoms with van der Waals surface area (Å²) in [7, 11) is 0. The highest BCUT2D eigenvalue weighted by molar-refractivity contribution is 4.90. The zero-order valence-electron chi connectivity index (χ0n) is 10.9. The zero-order chi connectivity index (χ0) is 11.5. The second-order valence-electron chi connectivity index (χ2n) is 6.11. The molecule has 1 saturated carbocycles. The first-order valence-corrected chi connectivity index (χ1v) is 7.10. The lowest BCUT2D eigenvalue weighted by molar-refractivity contribution is 0.0195. The van der Waals surface area contributed by atoms with E-state index in [4.69, 9.17) is 0 Å². The number of likely N-dealkylation sites (tertiary alicyclic amines) is 1. The lowest BCUT2D eigenvalue weighted by Gasteiger charge is -2.37. The van der Waals surface area contributed by atoms with E-state index in [1.807, 2.05) is 0 Å². The van der Waals surface area contributed by atoms with Gasteiger partial charge in [-0.1, -0.05) is 26.7 Å². The Bertz CT molecular complexity index is 217. The Labute approximate surface area is 100 Å². The third-order valence-electron chi connectivity index (χ3n) is 4.29. The van der Waals surface area contributed by atoms with Gasteiger partial charge in [0.15, 0.2) is 0 Å². The summed E-state index contributed by atoms with van der Waals surface area (Å²) in [5.41, 5.74) is 0. The van der Waals surface area contributed by atoms with Gasteiger partial charge in [-0.3, -0.25) is 4.90 Å². The normalized spacial score (nSPS) is 37.1. The lowest BCUT2D eigenvalue weighted by atomic mass is 9.80. The predicted octanol–water partition coefficient (Wildman–Crippen LogP) is 2.66. The van der Waals surface area contributed by atoms with Crippen molar-refractivity contribution < 1.29 is 5.11 Å². The van der Waals surface area contributed by atoms with Crippen molar-refractivity contribution >= 4 is 0 Å². The van der Waals surface area contributed by atoms with Crippen molar-refractivity contribution in [3.8, 4) is 0 Å². The van der Waals surface area contributed by atoms with Crippen LogP contribution in [0.2, 0.25) is 0 Å². The molecule has 94 valence electrons. The van der Waals surface area contributed by atoms with E-state index in [2.05, 4.69) is 18.7 Å². The monoisotopic (exact) mass is 225 g/mol. The number of nitrogens with zero attached hydrogens (tertiary/aromatic N) is 1. The number of aliphatic hydroxyl groups is 1. The highest BCUT2D eigenvalue weighted by atomic mass is 16.3. The van der Waals surface area contributed by atoms with E-state index in [-0.39, 0.29) is 6.10 Å².